The van der Waals surface area contributed by atoms with Gasteiger partial charge in [0, 0.05) is 12.3 Å². The molecule has 1 aliphatic heterocycles. The summed E-state index contributed by atoms with van der Waals surface area (Å²) in [6.07, 6.45) is 3.33. The van der Waals surface area contributed by atoms with E-state index in [0.29, 0.717) is 25.6 Å². The van der Waals surface area contributed by atoms with Crippen LogP contribution < -0.4 is 4.90 Å². The molecule has 1 amide bonds. The maximum atomic E-state index is 13.8. The summed E-state index contributed by atoms with van der Waals surface area (Å²) >= 11 is 2.48. The molecule has 0 aliphatic carbocycles. The van der Waals surface area contributed by atoms with Gasteiger partial charge in [-0.05, 0) is 116 Å². The third-order valence-corrected chi connectivity index (χ3v) is 8.58. The molecule has 1 fully saturated rings. The van der Waals surface area contributed by atoms with Crippen LogP contribution in [0.25, 0.3) is 6.08 Å². The van der Waals surface area contributed by atoms with Crippen molar-refractivity contribution in [2.24, 2.45) is 4.99 Å². The summed E-state index contributed by atoms with van der Waals surface area (Å²) in [6, 6.07) is 22.2. The van der Waals surface area contributed by atoms with Crippen molar-refractivity contribution in [2.45, 2.75) is 37.6 Å². The molecule has 5 rings (SSSR count). The Morgan fingerprint density at radius 1 is 0.925 bits per heavy atom. The molecule has 0 unspecified atom stereocenters. The maximum absolute atomic E-state index is 13.8. The molecule has 40 heavy (non-hydrogen) atoms. The quantitative estimate of drug-likeness (QED) is 0.133. The molecule has 4 aromatic rings. The number of hydrogen-bond donors (Lipinski definition) is 0. The first kappa shape index (κ1) is 27.4. The number of aryl methyl sites for hydroxylation is 4. The fourth-order valence-corrected chi connectivity index (χ4v) is 5.93. The van der Waals surface area contributed by atoms with Crippen LogP contribution in [0.3, 0.4) is 0 Å². The number of benzene rings is 3. The van der Waals surface area contributed by atoms with Crippen LogP contribution in [0.15, 0.2) is 98.8 Å². The maximum Gasteiger partial charge on any atom is 0.283 e. The summed E-state index contributed by atoms with van der Waals surface area (Å²) in [5.74, 6) is -0.231. The Hall–Kier alpha value is -4.21. The van der Waals surface area contributed by atoms with Crippen LogP contribution >= 0.6 is 23.5 Å². The fourth-order valence-electron chi connectivity index (χ4n) is 4.07. The summed E-state index contributed by atoms with van der Waals surface area (Å²) in [5, 5.41) is 13.1. The number of aliphatic imine (C=N–C) groups is 1. The molecule has 3 aromatic carbocycles. The summed E-state index contributed by atoms with van der Waals surface area (Å²) in [5.41, 5.74) is 6.45. The van der Waals surface area contributed by atoms with Crippen molar-refractivity contribution in [2.75, 3.05) is 4.90 Å². The highest BCUT2D eigenvalue weighted by Crippen LogP contribution is 2.39. The van der Waals surface area contributed by atoms with Crippen LogP contribution in [-0.2, 0) is 4.79 Å². The monoisotopic (exact) mass is 566 g/mol. The van der Waals surface area contributed by atoms with Gasteiger partial charge in [-0.15, -0.1) is 0 Å². The molecule has 0 bridgehead atoms. The van der Waals surface area contributed by atoms with Gasteiger partial charge in [0.1, 0.15) is 5.03 Å². The van der Waals surface area contributed by atoms with Crippen molar-refractivity contribution in [3.05, 3.63) is 122 Å². The molecule has 0 radical (unpaired) electrons. The topological polar surface area (TPSA) is 88.7 Å². The van der Waals surface area contributed by atoms with Crippen LogP contribution in [0, 0.1) is 37.8 Å². The zero-order valence-electron chi connectivity index (χ0n) is 22.4. The lowest BCUT2D eigenvalue weighted by Gasteiger charge is -2.17. The smallest absolute Gasteiger partial charge is 0.268 e. The van der Waals surface area contributed by atoms with Crippen molar-refractivity contribution in [3.63, 3.8) is 0 Å². The lowest BCUT2D eigenvalue weighted by atomic mass is 10.1. The number of carbonyl (C=O) groups is 1. The molecule has 0 spiro atoms. The first-order chi connectivity index (χ1) is 19.2. The Kier molecular flexibility index (Phi) is 7.86. The molecule has 0 N–H and O–H groups in total. The Morgan fingerprint density at radius 3 is 2.35 bits per heavy atom. The van der Waals surface area contributed by atoms with E-state index in [0.717, 1.165) is 33.6 Å². The normalized spacial score (nSPS) is 15.3. The van der Waals surface area contributed by atoms with Crippen LogP contribution in [0.5, 0.6) is 0 Å². The second-order valence-corrected chi connectivity index (χ2v) is 11.5. The van der Waals surface area contributed by atoms with Gasteiger partial charge in [0.2, 0.25) is 0 Å². The van der Waals surface area contributed by atoms with Gasteiger partial charge in [0.05, 0.1) is 26.1 Å². The lowest BCUT2D eigenvalue weighted by molar-refractivity contribution is -0.387. The van der Waals surface area contributed by atoms with Gasteiger partial charge < -0.3 is 0 Å². The highest BCUT2D eigenvalue weighted by Gasteiger charge is 2.35. The van der Waals surface area contributed by atoms with Crippen LogP contribution in [0.2, 0.25) is 0 Å². The number of hydrogen-bond acceptors (Lipinski definition) is 7. The minimum Gasteiger partial charge on any atom is -0.268 e. The average Bonchev–Trinajstić information content (AvgIpc) is 3.23. The van der Waals surface area contributed by atoms with E-state index in [-0.39, 0.29) is 11.6 Å². The van der Waals surface area contributed by atoms with Gasteiger partial charge >= 0.3 is 0 Å². The molecule has 2 heterocycles. The minimum absolute atomic E-state index is 0.0458. The molecule has 7 nitrogen and oxygen atoms in total. The zero-order chi connectivity index (χ0) is 28.4. The Bertz CT molecular complexity index is 1700. The molecule has 200 valence electrons. The molecule has 9 heteroatoms. The van der Waals surface area contributed by atoms with Crippen molar-refractivity contribution in [1.29, 1.82) is 0 Å². The van der Waals surface area contributed by atoms with Gasteiger partial charge in [-0.25, -0.2) is 9.98 Å². The molecule has 0 atom stereocenters. The predicted octanol–water partition coefficient (Wildman–Crippen LogP) is 8.18. The lowest BCUT2D eigenvalue weighted by Crippen LogP contribution is -2.28. The van der Waals surface area contributed by atoms with Crippen LogP contribution in [0.4, 0.5) is 17.1 Å². The van der Waals surface area contributed by atoms with E-state index < -0.39 is 4.92 Å². The number of amidine groups is 1. The average molecular weight is 567 g/mol. The highest BCUT2D eigenvalue weighted by molar-refractivity contribution is 8.19. The summed E-state index contributed by atoms with van der Waals surface area (Å²) < 4.78 is 0. The van der Waals surface area contributed by atoms with E-state index in [1.54, 1.807) is 41.4 Å². The number of thioether (sulfide) groups is 1. The summed E-state index contributed by atoms with van der Waals surface area (Å²) in [7, 11) is 0. The molecular formula is C31H26N4O3S2. The van der Waals surface area contributed by atoms with E-state index in [4.69, 9.17) is 4.99 Å². The number of amides is 1. The van der Waals surface area contributed by atoms with Crippen molar-refractivity contribution in [1.82, 2.24) is 4.98 Å². The minimum atomic E-state index is -0.412. The van der Waals surface area contributed by atoms with Gasteiger partial charge in [0.15, 0.2) is 5.17 Å². The number of nitrogens with zero attached hydrogens (tertiary/aromatic N) is 4. The van der Waals surface area contributed by atoms with E-state index in [1.165, 1.54) is 29.6 Å². The van der Waals surface area contributed by atoms with Crippen LogP contribution in [0.1, 0.15) is 27.8 Å². The first-order valence-electron chi connectivity index (χ1n) is 12.5. The summed E-state index contributed by atoms with van der Waals surface area (Å²) in [6.45, 7) is 8.10. The standard InChI is InChI=1S/C31H26N4O3S2/c1-19-8-11-24(15-21(19)3)33-31-34(25-12-9-20(2)22(4)16-25)30(36)28(40-31)18-23-10-13-27(26(17-23)35(37)38)39-29-7-5-6-14-32-29/h5-18H,1-4H3/b28-18-,33-31?. The van der Waals surface area contributed by atoms with E-state index in [2.05, 4.69) is 4.98 Å². The second kappa shape index (κ2) is 11.5. The molecule has 0 saturated carbocycles. The number of pyridine rings is 1. The molecule has 1 aliphatic rings. The number of rotatable bonds is 6. The largest absolute Gasteiger partial charge is 0.283 e. The molecule has 1 aromatic heterocycles. The van der Waals surface area contributed by atoms with E-state index >= 15 is 0 Å². The van der Waals surface area contributed by atoms with Crippen molar-refractivity contribution >= 4 is 57.7 Å². The number of nitro benzene ring substituents is 1. The fraction of sp³-hybridized carbons (Fsp3) is 0.129. The van der Waals surface area contributed by atoms with E-state index in [9.17, 15) is 14.9 Å². The highest BCUT2D eigenvalue weighted by atomic mass is 32.2. The van der Waals surface area contributed by atoms with Crippen LogP contribution in [-0.4, -0.2) is 21.0 Å². The third kappa shape index (κ3) is 5.85. The predicted molar refractivity (Wildman–Crippen MR) is 163 cm³/mol. The number of nitro groups is 1. The number of anilines is 1. The number of aromatic nitrogens is 1. The SMILES string of the molecule is Cc1ccc(N=C2S/C(=C\c3ccc(Sc4ccccn4)c([N+](=O)[O-])c3)C(=O)N2c2ccc(C)c(C)c2)cc1C. The Morgan fingerprint density at radius 2 is 1.68 bits per heavy atom. The molecule has 1 saturated heterocycles. The zero-order valence-corrected chi connectivity index (χ0v) is 24.0. The van der Waals surface area contributed by atoms with Gasteiger partial charge in [-0.1, -0.05) is 36.0 Å². The van der Waals surface area contributed by atoms with E-state index in [1.807, 2.05) is 70.2 Å². The second-order valence-electron chi connectivity index (χ2n) is 9.44. The van der Waals surface area contributed by atoms with Crippen molar-refractivity contribution < 1.29 is 9.72 Å². The molecular weight excluding hydrogens is 541 g/mol. The first-order valence-corrected chi connectivity index (χ1v) is 14.2. The Balaban J connectivity index is 1.54. The van der Waals surface area contributed by atoms with Crippen molar-refractivity contribution in [3.8, 4) is 0 Å². The number of carbonyl (C=O) groups excluding carboxylic acids is 1. The van der Waals surface area contributed by atoms with Gasteiger partial charge in [-0.3, -0.25) is 19.8 Å². The van der Waals surface area contributed by atoms with Gasteiger partial charge in [-0.2, -0.15) is 0 Å². The third-order valence-electron chi connectivity index (χ3n) is 6.60. The Labute approximate surface area is 241 Å². The van der Waals surface area contributed by atoms with Gasteiger partial charge in [0.25, 0.3) is 11.6 Å². The summed E-state index contributed by atoms with van der Waals surface area (Å²) in [4.78, 5) is 36.9.